The van der Waals surface area contributed by atoms with E-state index in [2.05, 4.69) is 0 Å². The Balaban J connectivity index is 2.37. The van der Waals surface area contributed by atoms with E-state index in [-0.39, 0.29) is 5.82 Å². The van der Waals surface area contributed by atoms with Gasteiger partial charge in [-0.15, -0.1) is 0 Å². The summed E-state index contributed by atoms with van der Waals surface area (Å²) in [5.74, 6) is -0.185. The van der Waals surface area contributed by atoms with Crippen LogP contribution < -0.4 is 0 Å². The fourth-order valence-electron chi connectivity index (χ4n) is 0.985. The van der Waals surface area contributed by atoms with Crippen molar-refractivity contribution in [3.8, 4) is 0 Å². The van der Waals surface area contributed by atoms with E-state index in [1.165, 1.54) is 12.1 Å². The molecule has 1 aromatic carbocycles. The van der Waals surface area contributed by atoms with Gasteiger partial charge in [-0.05, 0) is 31.0 Å². The highest BCUT2D eigenvalue weighted by atomic mass is 19.1. The zero-order valence-electron chi connectivity index (χ0n) is 7.22. The van der Waals surface area contributed by atoms with Crippen LogP contribution in [-0.2, 0) is 11.2 Å². The normalized spacial score (nSPS) is 10.2. The summed E-state index contributed by atoms with van der Waals surface area (Å²) in [6.07, 6.45) is 0.855. The largest absolute Gasteiger partial charge is 0.381 e. The molecule has 66 valence electrons. The third kappa shape index (κ3) is 3.01. The van der Waals surface area contributed by atoms with Gasteiger partial charge in [-0.25, -0.2) is 4.39 Å². The number of halogens is 1. The Morgan fingerprint density at radius 2 is 1.92 bits per heavy atom. The third-order valence-electron chi connectivity index (χ3n) is 1.65. The number of hydrogen-bond donors (Lipinski definition) is 0. The maximum atomic E-state index is 12.4. The molecule has 1 aromatic rings. The minimum atomic E-state index is -0.185. The smallest absolute Gasteiger partial charge is 0.123 e. The van der Waals surface area contributed by atoms with Crippen molar-refractivity contribution in [1.82, 2.24) is 0 Å². The number of hydrogen-bond acceptors (Lipinski definition) is 1. The molecule has 2 heteroatoms. The lowest BCUT2D eigenvalue weighted by Crippen LogP contribution is -1.97. The minimum absolute atomic E-state index is 0.185. The van der Waals surface area contributed by atoms with E-state index < -0.39 is 0 Å². The molecule has 0 atom stereocenters. The Labute approximate surface area is 72.2 Å². The molecule has 1 nitrogen and oxygen atoms in total. The lowest BCUT2D eigenvalue weighted by molar-refractivity contribution is 0.151. The van der Waals surface area contributed by atoms with Gasteiger partial charge in [0.05, 0.1) is 6.61 Å². The van der Waals surface area contributed by atoms with Gasteiger partial charge in [-0.2, -0.15) is 0 Å². The van der Waals surface area contributed by atoms with E-state index in [0.29, 0.717) is 6.61 Å². The maximum absolute atomic E-state index is 12.4. The van der Waals surface area contributed by atoms with Crippen molar-refractivity contribution in [3.05, 3.63) is 35.6 Å². The van der Waals surface area contributed by atoms with Crippen molar-refractivity contribution in [3.63, 3.8) is 0 Å². The van der Waals surface area contributed by atoms with Crippen LogP contribution >= 0.6 is 0 Å². The molecule has 1 rings (SSSR count). The lowest BCUT2D eigenvalue weighted by Gasteiger charge is -2.00. The van der Waals surface area contributed by atoms with Crippen LogP contribution in [0.25, 0.3) is 0 Å². The molecule has 12 heavy (non-hydrogen) atoms. The molecule has 0 spiro atoms. The second-order valence-electron chi connectivity index (χ2n) is 2.57. The second-order valence-corrected chi connectivity index (χ2v) is 2.57. The van der Waals surface area contributed by atoms with E-state index in [1.807, 2.05) is 6.92 Å². The SMILES string of the molecule is CCOCCc1ccc(F)cc1. The predicted molar refractivity (Wildman–Crippen MR) is 46.6 cm³/mol. The first-order valence-corrected chi connectivity index (χ1v) is 4.15. The fraction of sp³-hybridized carbons (Fsp3) is 0.400. The summed E-state index contributed by atoms with van der Waals surface area (Å²) in [5, 5.41) is 0. The molecule has 0 saturated heterocycles. The van der Waals surface area contributed by atoms with E-state index >= 15 is 0 Å². The summed E-state index contributed by atoms with van der Waals surface area (Å²) < 4.78 is 17.6. The first-order chi connectivity index (χ1) is 5.83. The maximum Gasteiger partial charge on any atom is 0.123 e. The molecule has 0 bridgehead atoms. The zero-order chi connectivity index (χ0) is 8.81. The molecule has 0 aliphatic carbocycles. The van der Waals surface area contributed by atoms with Crippen LogP contribution in [0.3, 0.4) is 0 Å². The lowest BCUT2D eigenvalue weighted by atomic mass is 10.2. The first-order valence-electron chi connectivity index (χ1n) is 4.15. The van der Waals surface area contributed by atoms with Crippen LogP contribution in [-0.4, -0.2) is 13.2 Å². The monoisotopic (exact) mass is 168 g/mol. The van der Waals surface area contributed by atoms with Gasteiger partial charge in [0.1, 0.15) is 5.82 Å². The van der Waals surface area contributed by atoms with Crippen molar-refractivity contribution >= 4 is 0 Å². The van der Waals surface area contributed by atoms with Crippen molar-refractivity contribution in [2.75, 3.05) is 13.2 Å². The van der Waals surface area contributed by atoms with E-state index in [9.17, 15) is 4.39 Å². The molecule has 0 radical (unpaired) electrons. The summed E-state index contributed by atoms with van der Waals surface area (Å²) in [6.45, 7) is 3.41. The van der Waals surface area contributed by atoms with Crippen LogP contribution in [0.4, 0.5) is 4.39 Å². The Kier molecular flexibility index (Phi) is 3.74. The van der Waals surface area contributed by atoms with Gasteiger partial charge in [0, 0.05) is 6.61 Å². The van der Waals surface area contributed by atoms with E-state index in [1.54, 1.807) is 12.1 Å². The third-order valence-corrected chi connectivity index (χ3v) is 1.65. The van der Waals surface area contributed by atoms with E-state index in [0.717, 1.165) is 18.6 Å². The Morgan fingerprint density at radius 3 is 2.50 bits per heavy atom. The summed E-state index contributed by atoms with van der Waals surface area (Å²) in [4.78, 5) is 0. The zero-order valence-corrected chi connectivity index (χ0v) is 7.22. The topological polar surface area (TPSA) is 9.23 Å². The minimum Gasteiger partial charge on any atom is -0.381 e. The van der Waals surface area contributed by atoms with Crippen molar-refractivity contribution in [1.29, 1.82) is 0 Å². The van der Waals surface area contributed by atoms with Gasteiger partial charge in [0.2, 0.25) is 0 Å². The summed E-state index contributed by atoms with van der Waals surface area (Å²) in [6, 6.07) is 6.52. The molecule has 0 N–H and O–H groups in total. The summed E-state index contributed by atoms with van der Waals surface area (Å²) in [7, 11) is 0. The highest BCUT2D eigenvalue weighted by molar-refractivity contribution is 5.15. The van der Waals surface area contributed by atoms with Gasteiger partial charge in [-0.1, -0.05) is 12.1 Å². The standard InChI is InChI=1S/C10H13FO/c1-2-12-8-7-9-3-5-10(11)6-4-9/h3-6H,2,7-8H2,1H3. The van der Waals surface area contributed by atoms with Gasteiger partial charge in [-0.3, -0.25) is 0 Å². The molecule has 0 saturated carbocycles. The quantitative estimate of drug-likeness (QED) is 0.627. The van der Waals surface area contributed by atoms with Gasteiger partial charge < -0.3 is 4.74 Å². The van der Waals surface area contributed by atoms with Crippen molar-refractivity contribution in [2.45, 2.75) is 13.3 Å². The van der Waals surface area contributed by atoms with Crippen LogP contribution in [0.2, 0.25) is 0 Å². The molecule has 0 heterocycles. The Hall–Kier alpha value is -0.890. The summed E-state index contributed by atoms with van der Waals surface area (Å²) >= 11 is 0. The predicted octanol–water partition coefficient (Wildman–Crippen LogP) is 2.40. The number of ether oxygens (including phenoxy) is 1. The molecule has 0 unspecified atom stereocenters. The van der Waals surface area contributed by atoms with Crippen LogP contribution in [0.5, 0.6) is 0 Å². The van der Waals surface area contributed by atoms with Gasteiger partial charge >= 0.3 is 0 Å². The molecule has 0 aliphatic rings. The van der Waals surface area contributed by atoms with Crippen molar-refractivity contribution < 1.29 is 9.13 Å². The van der Waals surface area contributed by atoms with Crippen LogP contribution in [0.1, 0.15) is 12.5 Å². The number of benzene rings is 1. The van der Waals surface area contributed by atoms with Crippen LogP contribution in [0, 0.1) is 5.82 Å². The molecule has 0 aliphatic heterocycles. The average Bonchev–Trinajstić information content (AvgIpc) is 2.09. The van der Waals surface area contributed by atoms with Gasteiger partial charge in [0.15, 0.2) is 0 Å². The highest BCUT2D eigenvalue weighted by Crippen LogP contribution is 2.03. The second kappa shape index (κ2) is 4.88. The highest BCUT2D eigenvalue weighted by Gasteiger charge is 1.92. The van der Waals surface area contributed by atoms with Crippen molar-refractivity contribution in [2.24, 2.45) is 0 Å². The van der Waals surface area contributed by atoms with Gasteiger partial charge in [0.25, 0.3) is 0 Å². The molecular weight excluding hydrogens is 155 g/mol. The molecular formula is C10H13FO. The fourth-order valence-corrected chi connectivity index (χ4v) is 0.985. The van der Waals surface area contributed by atoms with Crippen LogP contribution in [0.15, 0.2) is 24.3 Å². The van der Waals surface area contributed by atoms with E-state index in [4.69, 9.17) is 4.74 Å². The Morgan fingerprint density at radius 1 is 1.25 bits per heavy atom. The molecule has 0 fully saturated rings. The Bertz CT molecular complexity index is 218. The average molecular weight is 168 g/mol. The number of rotatable bonds is 4. The molecule has 0 aromatic heterocycles. The summed E-state index contributed by atoms with van der Waals surface area (Å²) in [5.41, 5.74) is 1.12. The first kappa shape index (κ1) is 9.20. The molecule has 0 amide bonds.